The standard InChI is InChI=1S/C11H18O2/c1-9(2)7-11(12)4-3-10-5-6-13-8-10/h5-6,8-9,11-12H,3-4,7H2,1-2H3. The van der Waals surface area contributed by atoms with E-state index in [4.69, 9.17) is 4.42 Å². The number of aliphatic hydroxyl groups is 1. The summed E-state index contributed by atoms with van der Waals surface area (Å²) in [7, 11) is 0. The van der Waals surface area contributed by atoms with Crippen LogP contribution in [0.3, 0.4) is 0 Å². The number of hydrogen-bond acceptors (Lipinski definition) is 2. The molecule has 1 atom stereocenters. The molecule has 13 heavy (non-hydrogen) atoms. The molecule has 2 nitrogen and oxygen atoms in total. The van der Waals surface area contributed by atoms with Gasteiger partial charge in [-0.1, -0.05) is 13.8 Å². The first kappa shape index (κ1) is 10.3. The summed E-state index contributed by atoms with van der Waals surface area (Å²) in [5, 5.41) is 9.59. The van der Waals surface area contributed by atoms with Crippen LogP contribution in [-0.4, -0.2) is 11.2 Å². The molecule has 0 bridgehead atoms. The Bertz CT molecular complexity index is 214. The van der Waals surface area contributed by atoms with Crippen LogP contribution in [0.2, 0.25) is 0 Å². The zero-order chi connectivity index (χ0) is 9.68. The maximum Gasteiger partial charge on any atom is 0.0934 e. The molecule has 1 heterocycles. The van der Waals surface area contributed by atoms with Gasteiger partial charge in [-0.05, 0) is 36.8 Å². The Morgan fingerprint density at radius 3 is 2.77 bits per heavy atom. The van der Waals surface area contributed by atoms with E-state index in [-0.39, 0.29) is 6.10 Å². The Labute approximate surface area is 79.6 Å². The van der Waals surface area contributed by atoms with Crippen molar-refractivity contribution in [2.75, 3.05) is 0 Å². The third-order valence-electron chi connectivity index (χ3n) is 2.09. The first-order valence-electron chi connectivity index (χ1n) is 4.87. The minimum atomic E-state index is -0.171. The zero-order valence-corrected chi connectivity index (χ0v) is 8.36. The van der Waals surface area contributed by atoms with E-state index in [9.17, 15) is 5.11 Å². The molecule has 1 unspecified atom stereocenters. The summed E-state index contributed by atoms with van der Waals surface area (Å²) in [4.78, 5) is 0. The molecule has 0 saturated heterocycles. The van der Waals surface area contributed by atoms with Gasteiger partial charge in [0.15, 0.2) is 0 Å². The molecule has 0 fully saturated rings. The molecule has 0 aromatic carbocycles. The van der Waals surface area contributed by atoms with Crippen LogP contribution in [0.4, 0.5) is 0 Å². The fourth-order valence-electron chi connectivity index (χ4n) is 1.43. The van der Waals surface area contributed by atoms with Crippen molar-refractivity contribution in [1.29, 1.82) is 0 Å². The van der Waals surface area contributed by atoms with Crippen molar-refractivity contribution in [3.05, 3.63) is 24.2 Å². The summed E-state index contributed by atoms with van der Waals surface area (Å²) in [6.07, 6.45) is 5.86. The Kier molecular flexibility index (Phi) is 4.03. The molecule has 2 heteroatoms. The molecule has 1 rings (SSSR count). The lowest BCUT2D eigenvalue weighted by atomic mass is 10.0. The first-order valence-corrected chi connectivity index (χ1v) is 4.87. The summed E-state index contributed by atoms with van der Waals surface area (Å²) in [5.74, 6) is 0.569. The molecule has 0 aliphatic rings. The highest BCUT2D eigenvalue weighted by atomic mass is 16.3. The lowest BCUT2D eigenvalue weighted by Crippen LogP contribution is -2.10. The topological polar surface area (TPSA) is 33.4 Å². The highest BCUT2D eigenvalue weighted by Gasteiger charge is 2.07. The third kappa shape index (κ3) is 4.13. The highest BCUT2D eigenvalue weighted by molar-refractivity contribution is 5.05. The molecular formula is C11H18O2. The van der Waals surface area contributed by atoms with Gasteiger partial charge in [-0.2, -0.15) is 0 Å². The highest BCUT2D eigenvalue weighted by Crippen LogP contribution is 2.11. The van der Waals surface area contributed by atoms with E-state index in [1.54, 1.807) is 12.5 Å². The van der Waals surface area contributed by atoms with Gasteiger partial charge in [-0.25, -0.2) is 0 Å². The smallest absolute Gasteiger partial charge is 0.0934 e. The summed E-state index contributed by atoms with van der Waals surface area (Å²) >= 11 is 0. The van der Waals surface area contributed by atoms with E-state index in [0.717, 1.165) is 19.3 Å². The minimum absolute atomic E-state index is 0.171. The molecule has 0 spiro atoms. The fourth-order valence-corrected chi connectivity index (χ4v) is 1.43. The van der Waals surface area contributed by atoms with Gasteiger partial charge in [-0.3, -0.25) is 0 Å². The van der Waals surface area contributed by atoms with Crippen molar-refractivity contribution in [3.8, 4) is 0 Å². The van der Waals surface area contributed by atoms with Crippen LogP contribution < -0.4 is 0 Å². The summed E-state index contributed by atoms with van der Waals surface area (Å²) in [6.45, 7) is 4.25. The van der Waals surface area contributed by atoms with E-state index in [1.807, 2.05) is 6.07 Å². The molecule has 0 aliphatic heterocycles. The lowest BCUT2D eigenvalue weighted by Gasteiger charge is -2.11. The van der Waals surface area contributed by atoms with Gasteiger partial charge in [0.2, 0.25) is 0 Å². The molecule has 74 valence electrons. The van der Waals surface area contributed by atoms with Crippen molar-refractivity contribution in [1.82, 2.24) is 0 Å². The van der Waals surface area contributed by atoms with Gasteiger partial charge in [0.05, 0.1) is 18.6 Å². The van der Waals surface area contributed by atoms with Crippen LogP contribution in [0.5, 0.6) is 0 Å². The predicted octanol–water partition coefficient (Wildman–Crippen LogP) is 2.62. The number of aryl methyl sites for hydroxylation is 1. The van der Waals surface area contributed by atoms with Crippen LogP contribution in [0.15, 0.2) is 23.0 Å². The Morgan fingerprint density at radius 2 is 2.23 bits per heavy atom. The number of rotatable bonds is 5. The Hall–Kier alpha value is -0.760. The maximum absolute atomic E-state index is 9.59. The van der Waals surface area contributed by atoms with Gasteiger partial charge >= 0.3 is 0 Å². The molecule has 0 aliphatic carbocycles. The lowest BCUT2D eigenvalue weighted by molar-refractivity contribution is 0.139. The average molecular weight is 182 g/mol. The normalized spacial score (nSPS) is 13.5. The molecule has 0 radical (unpaired) electrons. The van der Waals surface area contributed by atoms with Gasteiger partial charge < -0.3 is 9.52 Å². The number of furan rings is 1. The second-order valence-corrected chi connectivity index (χ2v) is 3.95. The molecule has 0 saturated carbocycles. The zero-order valence-electron chi connectivity index (χ0n) is 8.36. The van der Waals surface area contributed by atoms with E-state index in [0.29, 0.717) is 5.92 Å². The molecule has 0 amide bonds. The van der Waals surface area contributed by atoms with Crippen molar-refractivity contribution in [2.24, 2.45) is 5.92 Å². The van der Waals surface area contributed by atoms with Crippen molar-refractivity contribution in [3.63, 3.8) is 0 Å². The minimum Gasteiger partial charge on any atom is -0.472 e. The van der Waals surface area contributed by atoms with E-state index < -0.39 is 0 Å². The Morgan fingerprint density at radius 1 is 1.46 bits per heavy atom. The second-order valence-electron chi connectivity index (χ2n) is 3.95. The second kappa shape index (κ2) is 5.07. The monoisotopic (exact) mass is 182 g/mol. The van der Waals surface area contributed by atoms with Crippen molar-refractivity contribution < 1.29 is 9.52 Å². The quantitative estimate of drug-likeness (QED) is 0.759. The van der Waals surface area contributed by atoms with Crippen LogP contribution in [0.1, 0.15) is 32.3 Å². The van der Waals surface area contributed by atoms with Crippen LogP contribution in [-0.2, 0) is 6.42 Å². The average Bonchev–Trinajstić information content (AvgIpc) is 2.51. The van der Waals surface area contributed by atoms with Crippen LogP contribution in [0.25, 0.3) is 0 Å². The van der Waals surface area contributed by atoms with E-state index >= 15 is 0 Å². The van der Waals surface area contributed by atoms with E-state index in [1.165, 1.54) is 5.56 Å². The van der Waals surface area contributed by atoms with Crippen molar-refractivity contribution >= 4 is 0 Å². The third-order valence-corrected chi connectivity index (χ3v) is 2.09. The molecule has 1 N–H and O–H groups in total. The fraction of sp³-hybridized carbons (Fsp3) is 0.636. The van der Waals surface area contributed by atoms with Gasteiger partial charge in [0, 0.05) is 0 Å². The first-order chi connectivity index (χ1) is 6.18. The summed E-state index contributed by atoms with van der Waals surface area (Å²) in [5.41, 5.74) is 1.17. The van der Waals surface area contributed by atoms with Gasteiger partial charge in [-0.15, -0.1) is 0 Å². The van der Waals surface area contributed by atoms with Crippen molar-refractivity contribution in [2.45, 2.75) is 39.2 Å². The van der Waals surface area contributed by atoms with Gasteiger partial charge in [0.25, 0.3) is 0 Å². The van der Waals surface area contributed by atoms with Gasteiger partial charge in [0.1, 0.15) is 0 Å². The molecule has 1 aromatic rings. The van der Waals surface area contributed by atoms with E-state index in [2.05, 4.69) is 13.8 Å². The number of hydrogen-bond donors (Lipinski definition) is 1. The summed E-state index contributed by atoms with van der Waals surface area (Å²) < 4.78 is 4.95. The summed E-state index contributed by atoms with van der Waals surface area (Å²) in [6, 6.07) is 1.95. The van der Waals surface area contributed by atoms with Crippen LogP contribution >= 0.6 is 0 Å². The van der Waals surface area contributed by atoms with Crippen LogP contribution in [0, 0.1) is 5.92 Å². The largest absolute Gasteiger partial charge is 0.472 e. The molecular weight excluding hydrogens is 164 g/mol. The Balaban J connectivity index is 2.19. The number of aliphatic hydroxyl groups excluding tert-OH is 1. The molecule has 1 aromatic heterocycles. The predicted molar refractivity (Wildman–Crippen MR) is 52.5 cm³/mol. The SMILES string of the molecule is CC(C)CC(O)CCc1ccoc1. The maximum atomic E-state index is 9.59.